The molecule has 0 bridgehead atoms. The van der Waals surface area contributed by atoms with Crippen LogP contribution in [0.15, 0.2) is 39.7 Å². The van der Waals surface area contributed by atoms with Crippen LogP contribution in [0, 0.1) is 0 Å². The summed E-state index contributed by atoms with van der Waals surface area (Å²) in [6.45, 7) is 5.20. The highest BCUT2D eigenvalue weighted by molar-refractivity contribution is 9.10. The SMILES string of the molecule is C=C1CCN(C(=O)c2ccc(S(N)(=O)=O)c(Br)c2)CC1. The van der Waals surface area contributed by atoms with Crippen molar-refractivity contribution in [1.82, 2.24) is 4.90 Å². The van der Waals surface area contributed by atoms with Crippen molar-refractivity contribution < 1.29 is 13.2 Å². The monoisotopic (exact) mass is 358 g/mol. The van der Waals surface area contributed by atoms with E-state index in [9.17, 15) is 13.2 Å². The first-order valence-electron chi connectivity index (χ1n) is 6.07. The van der Waals surface area contributed by atoms with Crippen LogP contribution in [0.5, 0.6) is 0 Å². The highest BCUT2D eigenvalue weighted by Gasteiger charge is 2.21. The molecule has 1 saturated heterocycles. The molecule has 7 heteroatoms. The van der Waals surface area contributed by atoms with Gasteiger partial charge in [-0.05, 0) is 47.0 Å². The van der Waals surface area contributed by atoms with Gasteiger partial charge in [-0.25, -0.2) is 13.6 Å². The number of piperidine rings is 1. The Labute approximate surface area is 126 Å². The van der Waals surface area contributed by atoms with Crippen molar-refractivity contribution in [2.45, 2.75) is 17.7 Å². The molecule has 1 aromatic carbocycles. The Morgan fingerprint density at radius 2 is 1.90 bits per heavy atom. The molecule has 0 saturated carbocycles. The zero-order chi connectivity index (χ0) is 14.9. The van der Waals surface area contributed by atoms with E-state index in [4.69, 9.17) is 5.14 Å². The molecule has 0 atom stereocenters. The van der Waals surface area contributed by atoms with E-state index >= 15 is 0 Å². The van der Waals surface area contributed by atoms with Gasteiger partial charge >= 0.3 is 0 Å². The summed E-state index contributed by atoms with van der Waals surface area (Å²) < 4.78 is 22.9. The summed E-state index contributed by atoms with van der Waals surface area (Å²) in [5.41, 5.74) is 1.59. The maximum Gasteiger partial charge on any atom is 0.253 e. The van der Waals surface area contributed by atoms with E-state index in [1.807, 2.05) is 0 Å². The van der Waals surface area contributed by atoms with Crippen LogP contribution in [0.3, 0.4) is 0 Å². The predicted molar refractivity (Wildman–Crippen MR) is 79.8 cm³/mol. The maximum absolute atomic E-state index is 12.3. The van der Waals surface area contributed by atoms with E-state index in [1.165, 1.54) is 18.2 Å². The van der Waals surface area contributed by atoms with Crippen LogP contribution in [-0.2, 0) is 10.0 Å². The maximum atomic E-state index is 12.3. The number of carbonyl (C=O) groups is 1. The lowest BCUT2D eigenvalue weighted by Gasteiger charge is -2.28. The number of hydrogen-bond donors (Lipinski definition) is 1. The van der Waals surface area contributed by atoms with E-state index in [2.05, 4.69) is 22.5 Å². The van der Waals surface area contributed by atoms with Crippen LogP contribution in [0.2, 0.25) is 0 Å². The number of halogens is 1. The predicted octanol–water partition coefficient (Wildman–Crippen LogP) is 1.89. The van der Waals surface area contributed by atoms with Crippen LogP contribution in [0.25, 0.3) is 0 Å². The standard InChI is InChI=1S/C13H15BrN2O3S/c1-9-4-6-16(7-5-9)13(17)10-2-3-12(11(14)8-10)20(15,18)19/h2-3,8H,1,4-7H2,(H2,15,18,19). The Morgan fingerprint density at radius 1 is 1.30 bits per heavy atom. The molecule has 1 aliphatic heterocycles. The fraction of sp³-hybridized carbons (Fsp3) is 0.308. The summed E-state index contributed by atoms with van der Waals surface area (Å²) in [4.78, 5) is 14.0. The van der Waals surface area contributed by atoms with E-state index in [1.54, 1.807) is 4.90 Å². The third-order valence-electron chi connectivity index (χ3n) is 3.24. The minimum absolute atomic E-state index is 0.0268. The number of amides is 1. The summed E-state index contributed by atoms with van der Waals surface area (Å²) >= 11 is 3.14. The second-order valence-electron chi connectivity index (χ2n) is 4.73. The summed E-state index contributed by atoms with van der Waals surface area (Å²) in [7, 11) is -3.79. The first-order chi connectivity index (χ1) is 9.29. The topological polar surface area (TPSA) is 80.5 Å². The van der Waals surface area contributed by atoms with Crippen LogP contribution in [-0.4, -0.2) is 32.3 Å². The molecule has 108 valence electrons. The molecular formula is C13H15BrN2O3S. The van der Waals surface area contributed by atoms with E-state index < -0.39 is 10.0 Å². The number of primary sulfonamides is 1. The van der Waals surface area contributed by atoms with E-state index in [-0.39, 0.29) is 10.8 Å². The van der Waals surface area contributed by atoms with Gasteiger partial charge in [-0.3, -0.25) is 4.79 Å². The van der Waals surface area contributed by atoms with Crippen molar-refractivity contribution in [2.75, 3.05) is 13.1 Å². The highest BCUT2D eigenvalue weighted by atomic mass is 79.9. The van der Waals surface area contributed by atoms with Gasteiger partial charge in [0.25, 0.3) is 5.91 Å². The first-order valence-corrected chi connectivity index (χ1v) is 8.41. The van der Waals surface area contributed by atoms with Crippen molar-refractivity contribution >= 4 is 31.9 Å². The summed E-state index contributed by atoms with van der Waals surface area (Å²) in [6.07, 6.45) is 1.62. The second kappa shape index (κ2) is 5.67. The van der Waals surface area contributed by atoms with Gasteiger partial charge in [0, 0.05) is 23.1 Å². The molecule has 0 radical (unpaired) electrons. The molecule has 5 nitrogen and oxygen atoms in total. The average Bonchev–Trinajstić information content (AvgIpc) is 2.37. The fourth-order valence-corrected chi connectivity index (χ4v) is 3.72. The molecule has 20 heavy (non-hydrogen) atoms. The van der Waals surface area contributed by atoms with Crippen molar-refractivity contribution in [3.8, 4) is 0 Å². The van der Waals surface area contributed by atoms with Gasteiger partial charge in [-0.15, -0.1) is 0 Å². The Morgan fingerprint density at radius 3 is 2.40 bits per heavy atom. The molecule has 1 amide bonds. The molecular weight excluding hydrogens is 344 g/mol. The lowest BCUT2D eigenvalue weighted by Crippen LogP contribution is -2.36. The minimum Gasteiger partial charge on any atom is -0.338 e. The zero-order valence-corrected chi connectivity index (χ0v) is 13.2. The molecule has 1 heterocycles. The van der Waals surface area contributed by atoms with Crippen molar-refractivity contribution in [3.63, 3.8) is 0 Å². The third kappa shape index (κ3) is 3.28. The van der Waals surface area contributed by atoms with Crippen molar-refractivity contribution in [3.05, 3.63) is 40.4 Å². The third-order valence-corrected chi connectivity index (χ3v) is 5.13. The Hall–Kier alpha value is -1.18. The number of benzene rings is 1. The normalized spacial score (nSPS) is 16.3. The summed E-state index contributed by atoms with van der Waals surface area (Å²) in [5, 5.41) is 5.08. The van der Waals surface area contributed by atoms with Crippen molar-refractivity contribution in [1.29, 1.82) is 0 Å². The van der Waals surface area contributed by atoms with Gasteiger partial charge in [0.2, 0.25) is 10.0 Å². The highest BCUT2D eigenvalue weighted by Crippen LogP contribution is 2.24. The van der Waals surface area contributed by atoms with Gasteiger partial charge in [0.15, 0.2) is 0 Å². The molecule has 0 aromatic heterocycles. The molecule has 0 unspecified atom stereocenters. The molecule has 2 N–H and O–H groups in total. The number of rotatable bonds is 2. The van der Waals surface area contributed by atoms with Crippen LogP contribution < -0.4 is 5.14 Å². The Bertz CT molecular complexity index is 660. The molecule has 1 aromatic rings. The molecule has 0 aliphatic carbocycles. The van der Waals surface area contributed by atoms with Gasteiger partial charge in [-0.1, -0.05) is 12.2 Å². The van der Waals surface area contributed by atoms with Crippen LogP contribution >= 0.6 is 15.9 Å². The minimum atomic E-state index is -3.79. The quantitative estimate of drug-likeness (QED) is 0.819. The fourth-order valence-electron chi connectivity index (χ4n) is 2.07. The second-order valence-corrected chi connectivity index (χ2v) is 7.12. The largest absolute Gasteiger partial charge is 0.338 e. The smallest absolute Gasteiger partial charge is 0.253 e. The average molecular weight is 359 g/mol. The number of nitrogens with two attached hydrogens (primary N) is 1. The van der Waals surface area contributed by atoms with E-state index in [0.717, 1.165) is 18.4 Å². The number of likely N-dealkylation sites (tertiary alicyclic amines) is 1. The van der Waals surface area contributed by atoms with Gasteiger partial charge in [0.05, 0.1) is 4.90 Å². The molecule has 2 rings (SSSR count). The Kier molecular flexibility index (Phi) is 4.31. The zero-order valence-electron chi connectivity index (χ0n) is 10.8. The number of hydrogen-bond acceptors (Lipinski definition) is 3. The number of nitrogens with zero attached hydrogens (tertiary/aromatic N) is 1. The van der Waals surface area contributed by atoms with Crippen LogP contribution in [0.4, 0.5) is 0 Å². The lowest BCUT2D eigenvalue weighted by molar-refractivity contribution is 0.0743. The Balaban J connectivity index is 2.24. The van der Waals surface area contributed by atoms with Gasteiger partial charge < -0.3 is 4.90 Å². The number of sulfonamides is 1. The van der Waals surface area contributed by atoms with E-state index in [0.29, 0.717) is 23.1 Å². The summed E-state index contributed by atoms with van der Waals surface area (Å²) in [5.74, 6) is -0.112. The van der Waals surface area contributed by atoms with Crippen LogP contribution in [0.1, 0.15) is 23.2 Å². The van der Waals surface area contributed by atoms with Gasteiger partial charge in [0.1, 0.15) is 0 Å². The van der Waals surface area contributed by atoms with Crippen molar-refractivity contribution in [2.24, 2.45) is 5.14 Å². The first kappa shape index (κ1) is 15.2. The molecule has 1 aliphatic rings. The number of carbonyl (C=O) groups excluding carboxylic acids is 1. The molecule has 1 fully saturated rings. The van der Waals surface area contributed by atoms with Gasteiger partial charge in [-0.2, -0.15) is 0 Å². The summed E-state index contributed by atoms with van der Waals surface area (Å²) in [6, 6.07) is 4.32. The lowest BCUT2D eigenvalue weighted by atomic mass is 10.0. The molecule has 0 spiro atoms.